The van der Waals surface area contributed by atoms with Gasteiger partial charge in [-0.25, -0.2) is 4.68 Å². The summed E-state index contributed by atoms with van der Waals surface area (Å²) in [4.78, 5) is 2.05. The summed E-state index contributed by atoms with van der Waals surface area (Å²) in [6, 6.07) is 4.31. The van der Waals surface area contributed by atoms with Crippen LogP contribution in [-0.2, 0) is 6.42 Å². The minimum Gasteiger partial charge on any atom is -0.351 e. The Kier molecular flexibility index (Phi) is 4.08. The number of hydrogen-bond acceptors (Lipinski definition) is 2. The fraction of sp³-hybridized carbons (Fsp3) is 0.235. The Morgan fingerprint density at radius 1 is 1.35 bits per heavy atom. The molecule has 1 aromatic carbocycles. The van der Waals surface area contributed by atoms with Crippen molar-refractivity contribution >= 4 is 11.8 Å². The molecule has 2 aromatic rings. The van der Waals surface area contributed by atoms with E-state index in [2.05, 4.69) is 44.2 Å². The van der Waals surface area contributed by atoms with Crippen molar-refractivity contribution in [3.05, 3.63) is 60.6 Å². The van der Waals surface area contributed by atoms with Gasteiger partial charge in [0, 0.05) is 24.5 Å². The number of rotatable bonds is 5. The molecule has 0 saturated carbocycles. The van der Waals surface area contributed by atoms with Gasteiger partial charge in [-0.05, 0) is 42.8 Å². The molecule has 0 spiro atoms. The average Bonchev–Trinajstić information content (AvgIpc) is 2.94. The van der Waals surface area contributed by atoms with Crippen LogP contribution in [0.5, 0.6) is 0 Å². The van der Waals surface area contributed by atoms with Gasteiger partial charge in [-0.3, -0.25) is 0 Å². The van der Waals surface area contributed by atoms with Crippen LogP contribution in [0.3, 0.4) is 0 Å². The van der Waals surface area contributed by atoms with Crippen LogP contribution in [0.2, 0.25) is 0 Å². The zero-order chi connectivity index (χ0) is 14.7. The van der Waals surface area contributed by atoms with Crippen molar-refractivity contribution in [3.63, 3.8) is 0 Å². The second kappa shape index (κ2) is 5.78. The molecule has 1 aromatic heterocycles. The highest BCUT2D eigenvalue weighted by atomic mass is 15.3. The van der Waals surface area contributed by atoms with Crippen LogP contribution in [0.1, 0.15) is 23.6 Å². The number of aryl methyl sites for hydroxylation is 1. The molecule has 0 N–H and O–H groups in total. The Balaban J connectivity index is 2.57. The van der Waals surface area contributed by atoms with Crippen LogP contribution in [0.15, 0.2) is 43.9 Å². The number of benzene rings is 1. The lowest BCUT2D eigenvalue weighted by Gasteiger charge is -2.21. The third-order valence-electron chi connectivity index (χ3n) is 3.54. The van der Waals surface area contributed by atoms with Crippen LogP contribution >= 0.6 is 0 Å². The number of hydrogen-bond donors (Lipinski definition) is 0. The molecule has 2 rings (SSSR count). The molecule has 0 bridgehead atoms. The maximum atomic E-state index is 4.38. The highest BCUT2D eigenvalue weighted by Crippen LogP contribution is 2.27. The predicted octanol–water partition coefficient (Wildman–Crippen LogP) is 3.97. The van der Waals surface area contributed by atoms with Crippen molar-refractivity contribution < 1.29 is 0 Å². The fourth-order valence-corrected chi connectivity index (χ4v) is 2.37. The first-order chi connectivity index (χ1) is 9.60. The van der Waals surface area contributed by atoms with Crippen molar-refractivity contribution in [2.24, 2.45) is 0 Å². The van der Waals surface area contributed by atoms with Gasteiger partial charge in [0.15, 0.2) is 0 Å². The Labute approximate surface area is 120 Å². The summed E-state index contributed by atoms with van der Waals surface area (Å²) in [5.41, 5.74) is 5.85. The number of aromatic nitrogens is 2. The summed E-state index contributed by atoms with van der Waals surface area (Å²) < 4.78 is 1.88. The summed E-state index contributed by atoms with van der Waals surface area (Å²) in [5.74, 6) is 0. The summed E-state index contributed by atoms with van der Waals surface area (Å²) in [6.07, 6.45) is 8.41. The molecular formula is C17H21N3. The summed E-state index contributed by atoms with van der Waals surface area (Å²) in [6.45, 7) is 11.9. The third-order valence-corrected chi connectivity index (χ3v) is 3.54. The molecule has 0 radical (unpaired) electrons. The maximum Gasteiger partial charge on any atom is 0.0669 e. The van der Waals surface area contributed by atoms with Gasteiger partial charge in [-0.15, -0.1) is 0 Å². The maximum absolute atomic E-state index is 4.38. The van der Waals surface area contributed by atoms with E-state index in [9.17, 15) is 0 Å². The van der Waals surface area contributed by atoms with Gasteiger partial charge in [-0.2, -0.15) is 5.10 Å². The molecule has 1 heterocycles. The summed E-state index contributed by atoms with van der Waals surface area (Å²) >= 11 is 0. The topological polar surface area (TPSA) is 21.1 Å². The zero-order valence-corrected chi connectivity index (χ0v) is 12.4. The van der Waals surface area contributed by atoms with Crippen LogP contribution in [-0.4, -0.2) is 16.8 Å². The van der Waals surface area contributed by atoms with Gasteiger partial charge in [0.25, 0.3) is 0 Å². The number of anilines is 1. The van der Waals surface area contributed by atoms with Crippen molar-refractivity contribution in [3.8, 4) is 5.69 Å². The molecule has 0 fully saturated rings. The second-order valence-corrected chi connectivity index (χ2v) is 4.83. The van der Waals surface area contributed by atoms with E-state index in [1.165, 1.54) is 16.8 Å². The molecule has 20 heavy (non-hydrogen) atoms. The van der Waals surface area contributed by atoms with E-state index in [0.717, 1.165) is 17.7 Å². The summed E-state index contributed by atoms with van der Waals surface area (Å²) in [5, 5.41) is 4.38. The van der Waals surface area contributed by atoms with Crippen LogP contribution in [0.4, 0.5) is 5.69 Å². The molecule has 0 atom stereocenters. The molecule has 0 aliphatic rings. The molecule has 0 aliphatic heterocycles. The third kappa shape index (κ3) is 2.52. The van der Waals surface area contributed by atoms with Gasteiger partial charge < -0.3 is 4.90 Å². The Bertz CT molecular complexity index is 638. The lowest BCUT2D eigenvalue weighted by atomic mass is 10.0. The van der Waals surface area contributed by atoms with E-state index in [1.54, 1.807) is 6.08 Å². The quantitative estimate of drug-likeness (QED) is 0.817. The standard InChI is InChI=1S/C17H21N3/c1-6-14-11-18-20(12-14)15-9-13(4)16(7-2)17(10-15)19(5)8-3/h6,8-12H,1,3,7H2,2,4-5H3. The average molecular weight is 267 g/mol. The second-order valence-electron chi connectivity index (χ2n) is 4.83. The largest absolute Gasteiger partial charge is 0.351 e. The van der Waals surface area contributed by atoms with Gasteiger partial charge >= 0.3 is 0 Å². The number of nitrogens with zero attached hydrogens (tertiary/aromatic N) is 3. The highest BCUT2D eigenvalue weighted by Gasteiger charge is 2.11. The molecule has 3 heteroatoms. The summed E-state index contributed by atoms with van der Waals surface area (Å²) in [7, 11) is 2.02. The molecule has 3 nitrogen and oxygen atoms in total. The lowest BCUT2D eigenvalue weighted by Crippen LogP contribution is -2.12. The van der Waals surface area contributed by atoms with Crippen LogP contribution < -0.4 is 4.90 Å². The fourth-order valence-electron chi connectivity index (χ4n) is 2.37. The monoisotopic (exact) mass is 267 g/mol. The molecule has 104 valence electrons. The van der Waals surface area contributed by atoms with Crippen molar-refractivity contribution in [2.75, 3.05) is 11.9 Å². The smallest absolute Gasteiger partial charge is 0.0669 e. The van der Waals surface area contributed by atoms with E-state index in [1.807, 2.05) is 35.2 Å². The first-order valence-corrected chi connectivity index (χ1v) is 6.77. The molecule has 0 saturated heterocycles. The predicted molar refractivity (Wildman–Crippen MR) is 86.4 cm³/mol. The minimum absolute atomic E-state index is 0.997. The normalized spacial score (nSPS) is 10.3. The van der Waals surface area contributed by atoms with Crippen molar-refractivity contribution in [2.45, 2.75) is 20.3 Å². The molecular weight excluding hydrogens is 246 g/mol. The SMILES string of the molecule is C=Cc1cnn(-c2cc(C)c(CC)c(N(C)C=C)c2)c1. The van der Waals surface area contributed by atoms with Gasteiger partial charge in [0.1, 0.15) is 0 Å². The lowest BCUT2D eigenvalue weighted by molar-refractivity contribution is 0.875. The van der Waals surface area contributed by atoms with Gasteiger partial charge in [0.2, 0.25) is 0 Å². The van der Waals surface area contributed by atoms with E-state index in [4.69, 9.17) is 0 Å². The van der Waals surface area contributed by atoms with Gasteiger partial charge in [-0.1, -0.05) is 26.2 Å². The first kappa shape index (κ1) is 14.1. The van der Waals surface area contributed by atoms with E-state index in [-0.39, 0.29) is 0 Å². The molecule has 0 aliphatic carbocycles. The molecule has 0 unspecified atom stereocenters. The van der Waals surface area contributed by atoms with Gasteiger partial charge in [0.05, 0.1) is 11.9 Å². The van der Waals surface area contributed by atoms with Crippen LogP contribution in [0.25, 0.3) is 11.8 Å². The van der Waals surface area contributed by atoms with Crippen molar-refractivity contribution in [1.82, 2.24) is 9.78 Å². The minimum atomic E-state index is 0.997. The Morgan fingerprint density at radius 2 is 2.10 bits per heavy atom. The molecule has 0 amide bonds. The Morgan fingerprint density at radius 3 is 2.65 bits per heavy atom. The zero-order valence-electron chi connectivity index (χ0n) is 12.4. The van der Waals surface area contributed by atoms with E-state index in [0.29, 0.717) is 0 Å². The highest BCUT2D eigenvalue weighted by molar-refractivity contribution is 5.63. The Hall–Kier alpha value is -2.29. The van der Waals surface area contributed by atoms with Crippen LogP contribution in [0, 0.1) is 6.92 Å². The first-order valence-electron chi connectivity index (χ1n) is 6.77. The van der Waals surface area contributed by atoms with Crippen molar-refractivity contribution in [1.29, 1.82) is 0 Å². The van der Waals surface area contributed by atoms with E-state index < -0.39 is 0 Å². The van der Waals surface area contributed by atoms with E-state index >= 15 is 0 Å².